The number of hydrogen-bond donors (Lipinski definition) is 1. The highest BCUT2D eigenvalue weighted by molar-refractivity contribution is 6.30. The van der Waals surface area contributed by atoms with E-state index < -0.39 is 5.60 Å². The van der Waals surface area contributed by atoms with Gasteiger partial charge >= 0.3 is 0 Å². The Morgan fingerprint density at radius 3 is 1.92 bits per heavy atom. The molecule has 262 valence electrons. The predicted octanol–water partition coefficient (Wildman–Crippen LogP) is 9.76. The van der Waals surface area contributed by atoms with Crippen molar-refractivity contribution in [3.63, 3.8) is 0 Å². The molecule has 1 saturated heterocycles. The number of likely N-dealkylation sites (tertiary alicyclic amines) is 1. The lowest BCUT2D eigenvalue weighted by Crippen LogP contribution is -2.50. The number of amides is 2. The summed E-state index contributed by atoms with van der Waals surface area (Å²) in [5.41, 5.74) is -0.0839. The number of carbonyl (C=O) groups is 3. The van der Waals surface area contributed by atoms with Gasteiger partial charge in [0.15, 0.2) is 11.4 Å². The zero-order valence-corrected chi connectivity index (χ0v) is 30.2. The van der Waals surface area contributed by atoms with Gasteiger partial charge in [-0.1, -0.05) is 79.3 Å². The highest BCUT2D eigenvalue weighted by atomic mass is 35.5. The summed E-state index contributed by atoms with van der Waals surface area (Å²) >= 11 is 5.93. The number of rotatable bonds is 20. The average molecular weight is 685 g/mol. The van der Waals surface area contributed by atoms with E-state index in [9.17, 15) is 14.4 Å². The lowest BCUT2D eigenvalue weighted by molar-refractivity contribution is -0.136. The van der Waals surface area contributed by atoms with E-state index in [1.165, 1.54) is 0 Å². The third-order valence-electron chi connectivity index (χ3n) is 8.26. The van der Waals surface area contributed by atoms with Crippen LogP contribution in [0.1, 0.15) is 101 Å². The van der Waals surface area contributed by atoms with Gasteiger partial charge in [-0.2, -0.15) is 0 Å². The summed E-state index contributed by atoms with van der Waals surface area (Å²) in [6, 6.07) is 13.5. The molecule has 1 atom stereocenters. The normalized spacial score (nSPS) is 15.4. The molecule has 2 aromatic rings. The van der Waals surface area contributed by atoms with E-state index in [0.29, 0.717) is 34.9 Å². The van der Waals surface area contributed by atoms with Crippen LogP contribution in [0.4, 0.5) is 0 Å². The molecule has 0 aromatic heterocycles. The Morgan fingerprint density at radius 1 is 0.816 bits per heavy atom. The minimum absolute atomic E-state index is 0.0147. The van der Waals surface area contributed by atoms with Gasteiger partial charge in [-0.3, -0.25) is 14.4 Å². The number of ether oxygens (including phenoxy) is 1. The van der Waals surface area contributed by atoms with E-state index in [2.05, 4.69) is 73.0 Å². The molecule has 1 aliphatic rings. The molecule has 0 aliphatic carbocycles. The number of benzene rings is 2. The number of nitrogens with zero attached hydrogens (tertiary/aromatic N) is 1. The van der Waals surface area contributed by atoms with Crippen molar-refractivity contribution in [1.29, 1.82) is 0 Å². The second kappa shape index (κ2) is 21.7. The molecule has 1 fully saturated rings. The summed E-state index contributed by atoms with van der Waals surface area (Å²) in [6.07, 6.45) is 30.7. The first-order valence-electron chi connectivity index (χ1n) is 17.6. The Hall–Kier alpha value is -4.16. The van der Waals surface area contributed by atoms with E-state index in [0.717, 1.165) is 64.3 Å². The summed E-state index contributed by atoms with van der Waals surface area (Å²) < 4.78 is 6.01. The van der Waals surface area contributed by atoms with Crippen molar-refractivity contribution in [3.8, 4) is 5.75 Å². The maximum Gasteiger partial charge on any atom is 0.263 e. The van der Waals surface area contributed by atoms with E-state index in [4.69, 9.17) is 16.3 Å². The molecule has 1 aliphatic heterocycles. The topological polar surface area (TPSA) is 75.7 Å². The molecule has 7 heteroatoms. The maximum atomic E-state index is 13.1. The molecule has 3 rings (SSSR count). The molecule has 1 heterocycles. The van der Waals surface area contributed by atoms with Gasteiger partial charge in [0.2, 0.25) is 5.91 Å². The predicted molar refractivity (Wildman–Crippen MR) is 202 cm³/mol. The average Bonchev–Trinajstić information content (AvgIpc) is 3.57. The number of ketones is 1. The Kier molecular flexibility index (Phi) is 17.4. The fourth-order valence-electron chi connectivity index (χ4n) is 5.47. The molecule has 0 unspecified atom stereocenters. The second-order valence-corrected chi connectivity index (χ2v) is 13.1. The van der Waals surface area contributed by atoms with Gasteiger partial charge < -0.3 is 15.0 Å². The smallest absolute Gasteiger partial charge is 0.263 e. The summed E-state index contributed by atoms with van der Waals surface area (Å²) in [5, 5.41) is 3.57. The highest BCUT2D eigenvalue weighted by Gasteiger charge is 2.33. The number of carbonyl (C=O) groups excluding carboxylic acids is 3. The maximum absolute atomic E-state index is 13.1. The summed E-state index contributed by atoms with van der Waals surface area (Å²) in [5.74, 6) is 0.252. The second-order valence-electron chi connectivity index (χ2n) is 12.7. The molecule has 49 heavy (non-hydrogen) atoms. The fourth-order valence-corrected chi connectivity index (χ4v) is 5.59. The zero-order chi connectivity index (χ0) is 35.3. The molecule has 0 saturated carbocycles. The molecule has 0 bridgehead atoms. The van der Waals surface area contributed by atoms with Gasteiger partial charge in [0.1, 0.15) is 5.75 Å². The minimum atomic E-state index is -1.14. The lowest BCUT2D eigenvalue weighted by atomic mass is 10.0. The number of nitrogens with one attached hydrogen (secondary N) is 1. The van der Waals surface area contributed by atoms with Crippen LogP contribution in [0.15, 0.2) is 109 Å². The summed E-state index contributed by atoms with van der Waals surface area (Å²) in [7, 11) is 0. The van der Waals surface area contributed by atoms with Crippen LogP contribution in [0, 0.1) is 0 Å². The van der Waals surface area contributed by atoms with Crippen molar-refractivity contribution in [2.45, 2.75) is 96.6 Å². The molecule has 2 amide bonds. The van der Waals surface area contributed by atoms with Crippen LogP contribution in [-0.2, 0) is 9.59 Å². The standard InChI is InChI=1S/C42H53ClN2O4/c1-4-5-6-7-8-9-10-11-12-13-14-15-16-17-18-19-20-23-39(46)45-32-21-22-37(45)33-44-41(48)42(2,3)49-38-30-26-35(27-31-38)40(47)34-24-28-36(43)29-25-34/h5-6,8-9,11-12,14-15,17-18,24-31,37H,4,7,10,13,16,19-23,32-33H2,1-3H3,(H,44,48)/t37-/m1/s1. The largest absolute Gasteiger partial charge is 0.478 e. The van der Waals surface area contributed by atoms with Crippen LogP contribution in [-0.4, -0.2) is 47.2 Å². The first-order chi connectivity index (χ1) is 23.7. The third kappa shape index (κ3) is 14.5. The van der Waals surface area contributed by atoms with E-state index >= 15 is 0 Å². The SMILES string of the molecule is CCC=CCC=CCC=CCC=CCC=CCCCC(=O)N1CCC[C@@H]1CNC(=O)C(C)(C)Oc1ccc(C(=O)c2ccc(Cl)cc2)cc1. The van der Waals surface area contributed by atoms with Crippen LogP contribution >= 0.6 is 11.6 Å². The van der Waals surface area contributed by atoms with Gasteiger partial charge in [-0.15, -0.1) is 0 Å². The highest BCUT2D eigenvalue weighted by Crippen LogP contribution is 2.23. The Labute approximate surface area is 298 Å². The van der Waals surface area contributed by atoms with Crippen LogP contribution in [0.25, 0.3) is 0 Å². The Morgan fingerprint density at radius 2 is 1.35 bits per heavy atom. The minimum Gasteiger partial charge on any atom is -0.478 e. The number of halogens is 1. The van der Waals surface area contributed by atoms with Crippen LogP contribution in [0.3, 0.4) is 0 Å². The molecule has 6 nitrogen and oxygen atoms in total. The molecule has 2 aromatic carbocycles. The van der Waals surface area contributed by atoms with Crippen molar-refractivity contribution < 1.29 is 19.1 Å². The Balaban J connectivity index is 1.32. The van der Waals surface area contributed by atoms with E-state index in [1.54, 1.807) is 62.4 Å². The molecule has 0 spiro atoms. The van der Waals surface area contributed by atoms with Crippen molar-refractivity contribution in [2.24, 2.45) is 0 Å². The van der Waals surface area contributed by atoms with Crippen LogP contribution in [0.5, 0.6) is 5.75 Å². The third-order valence-corrected chi connectivity index (χ3v) is 8.51. The van der Waals surface area contributed by atoms with E-state index in [1.807, 2.05) is 4.90 Å². The van der Waals surface area contributed by atoms with Crippen molar-refractivity contribution in [2.75, 3.05) is 13.1 Å². The number of unbranched alkanes of at least 4 members (excludes halogenated alkanes) is 1. The quantitative estimate of drug-likeness (QED) is 0.0856. The molecule has 1 N–H and O–H groups in total. The van der Waals surface area contributed by atoms with Crippen molar-refractivity contribution in [3.05, 3.63) is 125 Å². The van der Waals surface area contributed by atoms with Gasteiger partial charge in [-0.05, 0) is 120 Å². The Bertz CT molecular complexity index is 1470. The molecule has 0 radical (unpaired) electrons. The zero-order valence-electron chi connectivity index (χ0n) is 29.4. The number of hydrogen-bond acceptors (Lipinski definition) is 4. The van der Waals surface area contributed by atoms with Crippen molar-refractivity contribution >= 4 is 29.2 Å². The summed E-state index contributed by atoms with van der Waals surface area (Å²) in [4.78, 5) is 40.8. The van der Waals surface area contributed by atoms with Crippen molar-refractivity contribution in [1.82, 2.24) is 10.2 Å². The molecular formula is C42H53ClN2O4. The van der Waals surface area contributed by atoms with Crippen LogP contribution < -0.4 is 10.1 Å². The van der Waals surface area contributed by atoms with Crippen LogP contribution in [0.2, 0.25) is 5.02 Å². The summed E-state index contributed by atoms with van der Waals surface area (Å²) in [6.45, 7) is 6.68. The monoisotopic (exact) mass is 684 g/mol. The van der Waals surface area contributed by atoms with Gasteiger partial charge in [0.05, 0.1) is 0 Å². The van der Waals surface area contributed by atoms with Gasteiger partial charge in [0.25, 0.3) is 5.91 Å². The fraction of sp³-hybridized carbons (Fsp3) is 0.405. The molecular weight excluding hydrogens is 632 g/mol. The van der Waals surface area contributed by atoms with Gasteiger partial charge in [0, 0.05) is 41.7 Å². The first kappa shape index (κ1) is 39.3. The first-order valence-corrected chi connectivity index (χ1v) is 18.0. The number of allylic oxidation sites excluding steroid dienone is 10. The lowest BCUT2D eigenvalue weighted by Gasteiger charge is -2.29. The van der Waals surface area contributed by atoms with Gasteiger partial charge in [-0.25, -0.2) is 0 Å². The van der Waals surface area contributed by atoms with E-state index in [-0.39, 0.29) is 23.6 Å².